The zero-order chi connectivity index (χ0) is 18.7. The van der Waals surface area contributed by atoms with Gasteiger partial charge in [-0.05, 0) is 42.4 Å². The minimum Gasteiger partial charge on any atom is -0.316 e. The lowest BCUT2D eigenvalue weighted by molar-refractivity contribution is 0.583. The van der Waals surface area contributed by atoms with Crippen molar-refractivity contribution in [1.82, 2.24) is 9.29 Å². The van der Waals surface area contributed by atoms with Gasteiger partial charge >= 0.3 is 0 Å². The van der Waals surface area contributed by atoms with Crippen LogP contribution in [0.5, 0.6) is 0 Å². The van der Waals surface area contributed by atoms with Crippen molar-refractivity contribution in [1.29, 1.82) is 5.26 Å². The van der Waals surface area contributed by atoms with Crippen molar-refractivity contribution in [3.63, 3.8) is 0 Å². The predicted molar refractivity (Wildman–Crippen MR) is 96.3 cm³/mol. The number of nitrogens with zero attached hydrogens (tertiary/aromatic N) is 2. The summed E-state index contributed by atoms with van der Waals surface area (Å²) in [5.74, 6) is -0.863. The van der Waals surface area contributed by atoms with Crippen LogP contribution in [0.3, 0.4) is 0 Å². The van der Waals surface area contributed by atoms with Crippen LogP contribution in [-0.2, 0) is 16.6 Å². The van der Waals surface area contributed by atoms with Gasteiger partial charge in [0, 0.05) is 12.7 Å². The van der Waals surface area contributed by atoms with E-state index in [2.05, 4.69) is 5.32 Å². The number of benzene rings is 2. The summed E-state index contributed by atoms with van der Waals surface area (Å²) in [5, 5.41) is 11.8. The largest absolute Gasteiger partial charge is 0.316 e. The van der Waals surface area contributed by atoms with Crippen LogP contribution in [0.1, 0.15) is 11.1 Å². The Bertz CT molecular complexity index is 1080. The van der Waals surface area contributed by atoms with Gasteiger partial charge < -0.3 is 5.32 Å². The van der Waals surface area contributed by atoms with Crippen molar-refractivity contribution < 1.29 is 12.8 Å². The van der Waals surface area contributed by atoms with Crippen LogP contribution in [0.25, 0.3) is 11.3 Å². The maximum atomic E-state index is 13.9. The molecule has 5 nitrogen and oxygen atoms in total. The van der Waals surface area contributed by atoms with E-state index in [9.17, 15) is 12.8 Å². The lowest BCUT2D eigenvalue weighted by Gasteiger charge is -2.11. The molecule has 0 radical (unpaired) electrons. The highest BCUT2D eigenvalue weighted by Crippen LogP contribution is 2.27. The fourth-order valence-corrected chi connectivity index (χ4v) is 4.09. The summed E-state index contributed by atoms with van der Waals surface area (Å²) in [6.07, 6.45) is 1.52. The number of nitriles is 1. The van der Waals surface area contributed by atoms with Crippen LogP contribution >= 0.6 is 0 Å². The maximum Gasteiger partial charge on any atom is 0.268 e. The molecule has 2 aromatic carbocycles. The molecule has 0 bridgehead atoms. The monoisotopic (exact) mass is 369 g/mol. The first kappa shape index (κ1) is 17.9. The summed E-state index contributed by atoms with van der Waals surface area (Å²) in [4.78, 5) is -0.210. The van der Waals surface area contributed by atoms with Crippen molar-refractivity contribution in [2.75, 3.05) is 7.05 Å². The normalized spacial score (nSPS) is 11.3. The fraction of sp³-hybridized carbons (Fsp3) is 0.105. The molecule has 1 aromatic heterocycles. The van der Waals surface area contributed by atoms with Crippen LogP contribution in [0.4, 0.5) is 4.39 Å². The Kier molecular flexibility index (Phi) is 4.89. The fourth-order valence-electron chi connectivity index (χ4n) is 2.68. The summed E-state index contributed by atoms with van der Waals surface area (Å²) < 4.78 is 41.3. The first-order valence-electron chi connectivity index (χ1n) is 7.84. The van der Waals surface area contributed by atoms with Gasteiger partial charge in [-0.25, -0.2) is 16.8 Å². The van der Waals surface area contributed by atoms with E-state index in [1.54, 1.807) is 19.2 Å². The van der Waals surface area contributed by atoms with Crippen LogP contribution < -0.4 is 5.32 Å². The second-order valence-corrected chi connectivity index (χ2v) is 7.50. The van der Waals surface area contributed by atoms with Crippen molar-refractivity contribution in [3.05, 3.63) is 77.7 Å². The third-order valence-corrected chi connectivity index (χ3v) is 5.58. The SMILES string of the molecule is CNCc1cc(-c2ccccc2)n(S(=O)(=O)c2ccc(C#N)c(F)c2)c1. The Morgan fingerprint density at radius 3 is 2.50 bits per heavy atom. The van der Waals surface area contributed by atoms with E-state index in [4.69, 9.17) is 5.26 Å². The molecule has 3 rings (SSSR count). The lowest BCUT2D eigenvalue weighted by atomic mass is 10.1. The van der Waals surface area contributed by atoms with E-state index in [-0.39, 0.29) is 10.5 Å². The van der Waals surface area contributed by atoms with Gasteiger partial charge in [-0.2, -0.15) is 5.26 Å². The number of aromatic nitrogens is 1. The van der Waals surface area contributed by atoms with Gasteiger partial charge in [0.1, 0.15) is 11.9 Å². The van der Waals surface area contributed by atoms with Crippen molar-refractivity contribution in [2.45, 2.75) is 11.4 Å². The van der Waals surface area contributed by atoms with Crippen LogP contribution in [0, 0.1) is 17.1 Å². The number of hydrogen-bond acceptors (Lipinski definition) is 4. The van der Waals surface area contributed by atoms with E-state index >= 15 is 0 Å². The van der Waals surface area contributed by atoms with E-state index in [1.165, 1.54) is 18.3 Å². The average Bonchev–Trinajstić information content (AvgIpc) is 3.07. The third-order valence-electron chi connectivity index (χ3n) is 3.91. The molecule has 26 heavy (non-hydrogen) atoms. The maximum absolute atomic E-state index is 13.9. The first-order valence-corrected chi connectivity index (χ1v) is 9.28. The lowest BCUT2D eigenvalue weighted by Crippen LogP contribution is -2.14. The molecule has 0 fully saturated rings. The molecule has 0 saturated heterocycles. The number of hydrogen-bond donors (Lipinski definition) is 1. The highest BCUT2D eigenvalue weighted by molar-refractivity contribution is 7.90. The Morgan fingerprint density at radius 1 is 1.15 bits per heavy atom. The minimum atomic E-state index is -4.02. The summed E-state index contributed by atoms with van der Waals surface area (Å²) >= 11 is 0. The molecular weight excluding hydrogens is 353 g/mol. The van der Waals surface area contributed by atoms with Crippen molar-refractivity contribution in [3.8, 4) is 17.3 Å². The molecule has 132 valence electrons. The molecule has 0 saturated carbocycles. The van der Waals surface area contributed by atoms with Crippen LogP contribution in [0.15, 0.2) is 65.7 Å². The summed E-state index contributed by atoms with van der Waals surface area (Å²) in [6.45, 7) is 0.490. The van der Waals surface area contributed by atoms with Gasteiger partial charge in [0.25, 0.3) is 10.0 Å². The van der Waals surface area contributed by atoms with E-state index in [0.717, 1.165) is 21.2 Å². The van der Waals surface area contributed by atoms with Gasteiger partial charge in [0.2, 0.25) is 0 Å². The average molecular weight is 369 g/mol. The van der Waals surface area contributed by atoms with Crippen LogP contribution in [0.2, 0.25) is 0 Å². The smallest absolute Gasteiger partial charge is 0.268 e. The molecule has 0 amide bonds. The molecule has 0 unspecified atom stereocenters. The highest BCUT2D eigenvalue weighted by Gasteiger charge is 2.23. The third kappa shape index (κ3) is 3.25. The van der Waals surface area contributed by atoms with E-state index < -0.39 is 15.8 Å². The Labute approximate surface area is 151 Å². The highest BCUT2D eigenvalue weighted by atomic mass is 32.2. The molecule has 7 heteroatoms. The molecule has 0 atom stereocenters. The molecule has 0 aliphatic heterocycles. The zero-order valence-corrected chi connectivity index (χ0v) is 14.8. The number of halogens is 1. The Hall–Kier alpha value is -2.95. The number of nitrogens with one attached hydrogen (secondary N) is 1. The molecule has 0 spiro atoms. The van der Waals surface area contributed by atoms with Crippen molar-refractivity contribution >= 4 is 10.0 Å². The zero-order valence-electron chi connectivity index (χ0n) is 14.0. The Balaban J connectivity index is 2.18. The molecule has 0 aliphatic carbocycles. The van der Waals surface area contributed by atoms with Gasteiger partial charge in [-0.15, -0.1) is 0 Å². The second kappa shape index (κ2) is 7.12. The predicted octanol–water partition coefficient (Wildman–Crippen LogP) is 3.12. The standard InChI is InChI=1S/C19H16FN3O2S/c1-22-12-14-9-19(15-5-3-2-4-6-15)23(13-14)26(24,25)17-8-7-16(11-21)18(20)10-17/h2-10,13,22H,12H2,1H3. The van der Waals surface area contributed by atoms with Crippen molar-refractivity contribution in [2.24, 2.45) is 0 Å². The molecule has 3 aromatic rings. The van der Waals surface area contributed by atoms with Gasteiger partial charge in [-0.3, -0.25) is 0 Å². The van der Waals surface area contributed by atoms with Crippen LogP contribution in [-0.4, -0.2) is 19.4 Å². The summed E-state index contributed by atoms with van der Waals surface area (Å²) in [5.41, 5.74) is 1.80. The summed E-state index contributed by atoms with van der Waals surface area (Å²) in [6, 6.07) is 15.8. The first-order chi connectivity index (χ1) is 12.5. The molecule has 0 aliphatic rings. The molecule has 1 N–H and O–H groups in total. The topological polar surface area (TPSA) is 74.9 Å². The molecular formula is C19H16FN3O2S. The van der Waals surface area contributed by atoms with Gasteiger partial charge in [0.15, 0.2) is 0 Å². The molecule has 1 heterocycles. The minimum absolute atomic E-state index is 0.199. The second-order valence-electron chi connectivity index (χ2n) is 5.68. The summed E-state index contributed by atoms with van der Waals surface area (Å²) in [7, 11) is -2.26. The van der Waals surface area contributed by atoms with E-state index in [0.29, 0.717) is 12.2 Å². The number of rotatable bonds is 5. The van der Waals surface area contributed by atoms with Gasteiger partial charge in [0.05, 0.1) is 16.2 Å². The van der Waals surface area contributed by atoms with E-state index in [1.807, 2.05) is 30.3 Å². The van der Waals surface area contributed by atoms with Gasteiger partial charge in [-0.1, -0.05) is 30.3 Å². The Morgan fingerprint density at radius 2 is 1.88 bits per heavy atom. The quantitative estimate of drug-likeness (QED) is 0.750.